The predicted molar refractivity (Wildman–Crippen MR) is 107 cm³/mol. The molecule has 0 fully saturated rings. The lowest BCUT2D eigenvalue weighted by molar-refractivity contribution is 0.273. The molecule has 0 aromatic rings. The Labute approximate surface area is 151 Å². The van der Waals surface area contributed by atoms with Crippen molar-refractivity contribution in [3.05, 3.63) is 12.2 Å². The van der Waals surface area contributed by atoms with Crippen LogP contribution in [0.2, 0.25) is 0 Å². The molecule has 0 N–H and O–H groups in total. The average Bonchev–Trinajstić information content (AvgIpc) is 2.90. The first-order chi connectivity index (χ1) is 11.6. The summed E-state index contributed by atoms with van der Waals surface area (Å²) in [6.07, 6.45) is 23.4. The Bertz CT molecular complexity index is 357. The maximum Gasteiger partial charge on any atom is 0.183 e. The van der Waals surface area contributed by atoms with E-state index in [-0.39, 0.29) is 5.54 Å². The van der Waals surface area contributed by atoms with E-state index in [1.165, 1.54) is 83.5 Å². The Morgan fingerprint density at radius 2 is 1.38 bits per heavy atom. The van der Waals surface area contributed by atoms with Crippen LogP contribution in [0.5, 0.6) is 0 Å². The first-order valence-electron chi connectivity index (χ1n) is 10.5. The van der Waals surface area contributed by atoms with Gasteiger partial charge in [0.1, 0.15) is 6.61 Å². The Balaban J connectivity index is 1.77. The summed E-state index contributed by atoms with van der Waals surface area (Å²) in [5.74, 6) is 0.990. The van der Waals surface area contributed by atoms with Crippen molar-refractivity contribution in [2.75, 3.05) is 6.61 Å². The summed E-state index contributed by atoms with van der Waals surface area (Å²) in [5, 5.41) is 0. The summed E-state index contributed by atoms with van der Waals surface area (Å²) in [6, 6.07) is 0. The van der Waals surface area contributed by atoms with Gasteiger partial charge in [-0.25, -0.2) is 4.99 Å². The standard InChI is InChI=1S/C22H41NO/c1-4-5-6-7-8-9-10-11-12-13-14-15-16-17-18-19-21-23-22(2,3)20-24-21/h7-8H,4-6,9-20H2,1-3H3/b8-7+. The van der Waals surface area contributed by atoms with Gasteiger partial charge in [-0.2, -0.15) is 0 Å². The predicted octanol–water partition coefficient (Wildman–Crippen LogP) is 7.23. The minimum atomic E-state index is 0.0145. The molecule has 1 heterocycles. The van der Waals surface area contributed by atoms with Gasteiger partial charge in [-0.05, 0) is 39.5 Å². The van der Waals surface area contributed by atoms with E-state index in [1.54, 1.807) is 0 Å². The second-order valence-corrected chi connectivity index (χ2v) is 7.94. The second kappa shape index (κ2) is 13.5. The number of allylic oxidation sites excluding steroid dienone is 2. The van der Waals surface area contributed by atoms with Crippen molar-refractivity contribution in [2.45, 2.75) is 116 Å². The van der Waals surface area contributed by atoms with Gasteiger partial charge in [0.25, 0.3) is 0 Å². The number of hydrogen-bond acceptors (Lipinski definition) is 2. The SMILES string of the molecule is CCCC/C=C/CCCCCCCCCCCC1=NC(C)(C)CO1. The van der Waals surface area contributed by atoms with Crippen LogP contribution in [0.15, 0.2) is 17.1 Å². The lowest BCUT2D eigenvalue weighted by Gasteiger charge is -2.07. The van der Waals surface area contributed by atoms with E-state index in [0.29, 0.717) is 0 Å². The van der Waals surface area contributed by atoms with Gasteiger partial charge in [-0.3, -0.25) is 0 Å². The topological polar surface area (TPSA) is 21.6 Å². The monoisotopic (exact) mass is 335 g/mol. The van der Waals surface area contributed by atoms with Gasteiger partial charge in [0, 0.05) is 6.42 Å². The normalized spacial score (nSPS) is 16.5. The molecule has 0 saturated heterocycles. The number of aliphatic imine (C=N–C) groups is 1. The molecular weight excluding hydrogens is 294 g/mol. The first-order valence-corrected chi connectivity index (χ1v) is 10.5. The first kappa shape index (κ1) is 21.3. The largest absolute Gasteiger partial charge is 0.478 e. The Morgan fingerprint density at radius 3 is 1.92 bits per heavy atom. The quantitative estimate of drug-likeness (QED) is 0.228. The molecule has 0 bridgehead atoms. The van der Waals surface area contributed by atoms with Gasteiger partial charge in [0.05, 0.1) is 5.54 Å². The molecule has 2 nitrogen and oxygen atoms in total. The van der Waals surface area contributed by atoms with Crippen molar-refractivity contribution in [3.8, 4) is 0 Å². The number of unbranched alkanes of at least 4 members (excludes halogenated alkanes) is 11. The summed E-state index contributed by atoms with van der Waals surface area (Å²) in [4.78, 5) is 4.61. The Kier molecular flexibility index (Phi) is 12.0. The number of nitrogens with zero attached hydrogens (tertiary/aromatic N) is 1. The van der Waals surface area contributed by atoms with E-state index >= 15 is 0 Å². The van der Waals surface area contributed by atoms with Crippen LogP contribution in [0.4, 0.5) is 0 Å². The maximum atomic E-state index is 5.63. The number of rotatable bonds is 15. The fourth-order valence-electron chi connectivity index (χ4n) is 3.12. The molecule has 0 radical (unpaired) electrons. The summed E-state index contributed by atoms with van der Waals surface area (Å²) >= 11 is 0. The highest BCUT2D eigenvalue weighted by Crippen LogP contribution is 2.20. The summed E-state index contributed by atoms with van der Waals surface area (Å²) in [5.41, 5.74) is 0.0145. The molecular formula is C22H41NO. The van der Waals surface area contributed by atoms with Gasteiger partial charge in [-0.1, -0.05) is 76.9 Å². The van der Waals surface area contributed by atoms with Gasteiger partial charge in [0.2, 0.25) is 0 Å². The Hall–Kier alpha value is -0.790. The van der Waals surface area contributed by atoms with E-state index < -0.39 is 0 Å². The summed E-state index contributed by atoms with van der Waals surface area (Å²) < 4.78 is 5.63. The molecule has 0 aromatic carbocycles. The van der Waals surface area contributed by atoms with Crippen molar-refractivity contribution in [3.63, 3.8) is 0 Å². The smallest absolute Gasteiger partial charge is 0.183 e. The third-order valence-electron chi connectivity index (χ3n) is 4.67. The molecule has 0 aromatic heterocycles. The highest BCUT2D eigenvalue weighted by molar-refractivity contribution is 5.78. The zero-order chi connectivity index (χ0) is 17.5. The van der Waals surface area contributed by atoms with Gasteiger partial charge in [-0.15, -0.1) is 0 Å². The van der Waals surface area contributed by atoms with E-state index in [2.05, 4.69) is 37.9 Å². The lowest BCUT2D eigenvalue weighted by Crippen LogP contribution is -2.17. The molecule has 0 unspecified atom stereocenters. The molecule has 0 atom stereocenters. The highest BCUT2D eigenvalue weighted by Gasteiger charge is 2.25. The summed E-state index contributed by atoms with van der Waals surface area (Å²) in [6.45, 7) is 7.30. The maximum absolute atomic E-state index is 5.63. The molecule has 0 amide bonds. The third kappa shape index (κ3) is 11.7. The van der Waals surface area contributed by atoms with Crippen LogP contribution in [-0.4, -0.2) is 18.0 Å². The van der Waals surface area contributed by atoms with Crippen LogP contribution >= 0.6 is 0 Å². The van der Waals surface area contributed by atoms with Crippen molar-refractivity contribution < 1.29 is 4.74 Å². The van der Waals surface area contributed by atoms with Gasteiger partial charge >= 0.3 is 0 Å². The minimum absolute atomic E-state index is 0.0145. The summed E-state index contributed by atoms with van der Waals surface area (Å²) in [7, 11) is 0. The van der Waals surface area contributed by atoms with E-state index in [1.807, 2.05) is 0 Å². The van der Waals surface area contributed by atoms with Crippen LogP contribution in [0.3, 0.4) is 0 Å². The van der Waals surface area contributed by atoms with Crippen molar-refractivity contribution in [1.29, 1.82) is 0 Å². The zero-order valence-corrected chi connectivity index (χ0v) is 16.6. The molecule has 0 saturated carbocycles. The second-order valence-electron chi connectivity index (χ2n) is 7.94. The van der Waals surface area contributed by atoms with Crippen LogP contribution in [0.1, 0.15) is 111 Å². The number of ether oxygens (including phenoxy) is 1. The van der Waals surface area contributed by atoms with Crippen LogP contribution < -0.4 is 0 Å². The molecule has 1 aliphatic rings. The van der Waals surface area contributed by atoms with Gasteiger partial charge < -0.3 is 4.74 Å². The van der Waals surface area contributed by atoms with E-state index in [0.717, 1.165) is 18.9 Å². The van der Waals surface area contributed by atoms with E-state index in [4.69, 9.17) is 4.74 Å². The Morgan fingerprint density at radius 1 is 0.833 bits per heavy atom. The fourth-order valence-corrected chi connectivity index (χ4v) is 3.12. The molecule has 24 heavy (non-hydrogen) atoms. The average molecular weight is 336 g/mol. The highest BCUT2D eigenvalue weighted by atomic mass is 16.5. The number of hydrogen-bond donors (Lipinski definition) is 0. The third-order valence-corrected chi connectivity index (χ3v) is 4.67. The van der Waals surface area contributed by atoms with Crippen LogP contribution in [0, 0.1) is 0 Å². The fraction of sp³-hybridized carbons (Fsp3) is 0.864. The molecule has 140 valence electrons. The molecule has 1 aliphatic heterocycles. The molecule has 1 rings (SSSR count). The van der Waals surface area contributed by atoms with Gasteiger partial charge in [0.15, 0.2) is 5.90 Å². The van der Waals surface area contributed by atoms with E-state index in [9.17, 15) is 0 Å². The van der Waals surface area contributed by atoms with Crippen molar-refractivity contribution >= 4 is 5.90 Å². The molecule has 0 spiro atoms. The molecule has 2 heteroatoms. The lowest BCUT2D eigenvalue weighted by atomic mass is 10.1. The van der Waals surface area contributed by atoms with Crippen LogP contribution in [0.25, 0.3) is 0 Å². The van der Waals surface area contributed by atoms with Crippen molar-refractivity contribution in [2.24, 2.45) is 4.99 Å². The van der Waals surface area contributed by atoms with Crippen LogP contribution in [-0.2, 0) is 4.74 Å². The van der Waals surface area contributed by atoms with Crippen molar-refractivity contribution in [1.82, 2.24) is 0 Å². The zero-order valence-electron chi connectivity index (χ0n) is 16.6. The molecule has 0 aliphatic carbocycles. The minimum Gasteiger partial charge on any atom is -0.478 e.